The SMILES string of the molecule is COCCCN(C(=S)NCc1ccc(OC)cc1)[C@H]1CCS(=O)(=O)C1. The van der Waals surface area contributed by atoms with Crippen molar-refractivity contribution in [2.75, 3.05) is 38.9 Å². The Morgan fingerprint density at radius 2 is 2.04 bits per heavy atom. The summed E-state index contributed by atoms with van der Waals surface area (Å²) in [5.41, 5.74) is 1.08. The van der Waals surface area contributed by atoms with Crippen LogP contribution in [0.15, 0.2) is 24.3 Å². The number of hydrogen-bond acceptors (Lipinski definition) is 5. The van der Waals surface area contributed by atoms with Crippen LogP contribution in [0, 0.1) is 0 Å². The lowest BCUT2D eigenvalue weighted by Crippen LogP contribution is -2.47. The minimum Gasteiger partial charge on any atom is -0.497 e. The number of nitrogens with zero attached hydrogens (tertiary/aromatic N) is 1. The lowest BCUT2D eigenvalue weighted by molar-refractivity contribution is 0.181. The van der Waals surface area contributed by atoms with E-state index in [2.05, 4.69) is 5.32 Å². The van der Waals surface area contributed by atoms with Crippen LogP contribution < -0.4 is 10.1 Å². The van der Waals surface area contributed by atoms with E-state index in [1.54, 1.807) is 14.2 Å². The fourth-order valence-electron chi connectivity index (χ4n) is 2.87. The highest BCUT2D eigenvalue weighted by molar-refractivity contribution is 7.91. The van der Waals surface area contributed by atoms with Gasteiger partial charge in [0.05, 0.1) is 18.6 Å². The Morgan fingerprint density at radius 3 is 2.60 bits per heavy atom. The van der Waals surface area contributed by atoms with Crippen LogP contribution in [0.1, 0.15) is 18.4 Å². The van der Waals surface area contributed by atoms with E-state index in [4.69, 9.17) is 21.7 Å². The van der Waals surface area contributed by atoms with Crippen molar-refractivity contribution in [2.24, 2.45) is 0 Å². The summed E-state index contributed by atoms with van der Waals surface area (Å²) in [7, 11) is 0.339. The highest BCUT2D eigenvalue weighted by atomic mass is 32.2. The van der Waals surface area contributed by atoms with Crippen molar-refractivity contribution in [3.05, 3.63) is 29.8 Å². The molecule has 1 fully saturated rings. The fourth-order valence-corrected chi connectivity index (χ4v) is 4.92. The summed E-state index contributed by atoms with van der Waals surface area (Å²) >= 11 is 5.54. The monoisotopic (exact) mass is 386 g/mol. The van der Waals surface area contributed by atoms with E-state index in [0.29, 0.717) is 31.2 Å². The zero-order chi connectivity index (χ0) is 18.3. The molecule has 8 heteroatoms. The maximum Gasteiger partial charge on any atom is 0.169 e. The average molecular weight is 387 g/mol. The van der Waals surface area contributed by atoms with Gasteiger partial charge in [-0.2, -0.15) is 0 Å². The van der Waals surface area contributed by atoms with E-state index < -0.39 is 9.84 Å². The fraction of sp³-hybridized carbons (Fsp3) is 0.588. The molecule has 1 aromatic carbocycles. The van der Waals surface area contributed by atoms with Crippen molar-refractivity contribution in [1.29, 1.82) is 0 Å². The smallest absolute Gasteiger partial charge is 0.169 e. The Kier molecular flexibility index (Phi) is 7.46. The molecule has 1 N–H and O–H groups in total. The van der Waals surface area contributed by atoms with E-state index in [-0.39, 0.29) is 17.5 Å². The molecule has 2 rings (SSSR count). The quantitative estimate of drug-likeness (QED) is 0.538. The molecule has 1 aliphatic rings. The highest BCUT2D eigenvalue weighted by Crippen LogP contribution is 2.19. The third-order valence-corrected chi connectivity index (χ3v) is 6.39. The van der Waals surface area contributed by atoms with Crippen molar-refractivity contribution in [3.63, 3.8) is 0 Å². The summed E-state index contributed by atoms with van der Waals surface area (Å²) in [6.07, 6.45) is 1.43. The average Bonchev–Trinajstić information content (AvgIpc) is 2.96. The van der Waals surface area contributed by atoms with E-state index in [1.165, 1.54) is 0 Å². The minimum atomic E-state index is -2.95. The van der Waals surface area contributed by atoms with Gasteiger partial charge in [0.1, 0.15) is 5.75 Å². The summed E-state index contributed by atoms with van der Waals surface area (Å²) < 4.78 is 33.9. The van der Waals surface area contributed by atoms with Crippen LogP contribution in [-0.4, -0.2) is 63.3 Å². The van der Waals surface area contributed by atoms with E-state index >= 15 is 0 Å². The Bertz CT molecular complexity index is 662. The third kappa shape index (κ3) is 6.13. The molecule has 1 aromatic rings. The third-order valence-electron chi connectivity index (χ3n) is 4.26. The molecular weight excluding hydrogens is 360 g/mol. The van der Waals surface area contributed by atoms with Crippen molar-refractivity contribution in [3.8, 4) is 5.75 Å². The summed E-state index contributed by atoms with van der Waals surface area (Å²) in [4.78, 5) is 2.00. The number of hydrogen-bond donors (Lipinski definition) is 1. The second-order valence-corrected chi connectivity index (χ2v) is 8.72. The van der Waals surface area contributed by atoms with Crippen LogP contribution in [0.3, 0.4) is 0 Å². The van der Waals surface area contributed by atoms with E-state index in [0.717, 1.165) is 17.7 Å². The van der Waals surface area contributed by atoms with Crippen LogP contribution in [0.2, 0.25) is 0 Å². The molecule has 1 atom stereocenters. The Balaban J connectivity index is 1.96. The van der Waals surface area contributed by atoms with Gasteiger partial charge in [-0.15, -0.1) is 0 Å². The van der Waals surface area contributed by atoms with Gasteiger partial charge in [0.15, 0.2) is 14.9 Å². The normalized spacial score (nSPS) is 18.7. The summed E-state index contributed by atoms with van der Waals surface area (Å²) in [5.74, 6) is 1.22. The summed E-state index contributed by atoms with van der Waals surface area (Å²) in [5, 5.41) is 3.84. The van der Waals surface area contributed by atoms with Gasteiger partial charge in [0, 0.05) is 32.8 Å². The zero-order valence-corrected chi connectivity index (χ0v) is 16.4. The van der Waals surface area contributed by atoms with Gasteiger partial charge in [0.25, 0.3) is 0 Å². The van der Waals surface area contributed by atoms with Gasteiger partial charge in [-0.3, -0.25) is 0 Å². The number of thiocarbonyl (C=S) groups is 1. The maximum absolute atomic E-state index is 11.8. The topological polar surface area (TPSA) is 67.9 Å². The predicted octanol–water partition coefficient (Wildman–Crippen LogP) is 1.60. The van der Waals surface area contributed by atoms with Crippen molar-refractivity contribution in [1.82, 2.24) is 10.2 Å². The van der Waals surface area contributed by atoms with Crippen molar-refractivity contribution >= 4 is 27.2 Å². The summed E-state index contributed by atoms with van der Waals surface area (Å²) in [6, 6.07) is 7.70. The molecule has 140 valence electrons. The van der Waals surface area contributed by atoms with Gasteiger partial charge < -0.3 is 19.7 Å². The van der Waals surface area contributed by atoms with Gasteiger partial charge in [0.2, 0.25) is 0 Å². The standard InChI is InChI=1S/C17H26N2O4S2/c1-22-10-3-9-19(15-8-11-25(20,21)13-15)17(24)18-12-14-4-6-16(23-2)7-5-14/h4-7,15H,3,8-13H2,1-2H3,(H,18,24)/t15-/m0/s1. The molecule has 0 bridgehead atoms. The van der Waals surface area contributed by atoms with Gasteiger partial charge in [-0.05, 0) is 42.8 Å². The van der Waals surface area contributed by atoms with Gasteiger partial charge >= 0.3 is 0 Å². The first-order valence-corrected chi connectivity index (χ1v) is 10.5. The first-order valence-electron chi connectivity index (χ1n) is 8.32. The molecular formula is C17H26N2O4S2. The molecule has 25 heavy (non-hydrogen) atoms. The number of benzene rings is 1. The molecule has 0 saturated carbocycles. The van der Waals surface area contributed by atoms with Crippen molar-refractivity contribution in [2.45, 2.75) is 25.4 Å². The molecule has 0 amide bonds. The Hall–Kier alpha value is -1.38. The number of sulfone groups is 1. The summed E-state index contributed by atoms with van der Waals surface area (Å²) in [6.45, 7) is 1.89. The minimum absolute atomic E-state index is 0.0577. The number of rotatable bonds is 8. The molecule has 6 nitrogen and oxygen atoms in total. The molecule has 0 spiro atoms. The zero-order valence-electron chi connectivity index (χ0n) is 14.7. The van der Waals surface area contributed by atoms with E-state index in [9.17, 15) is 8.42 Å². The van der Waals surface area contributed by atoms with Gasteiger partial charge in [-0.1, -0.05) is 12.1 Å². The first kappa shape index (κ1) is 19.9. The van der Waals surface area contributed by atoms with Crippen LogP contribution in [-0.2, 0) is 21.1 Å². The number of methoxy groups -OCH3 is 2. The predicted molar refractivity (Wildman–Crippen MR) is 103 cm³/mol. The molecule has 1 heterocycles. The number of ether oxygens (including phenoxy) is 2. The molecule has 1 saturated heterocycles. The highest BCUT2D eigenvalue weighted by Gasteiger charge is 2.33. The van der Waals surface area contributed by atoms with Crippen LogP contribution in [0.4, 0.5) is 0 Å². The maximum atomic E-state index is 11.8. The molecule has 0 unspecified atom stereocenters. The number of nitrogens with one attached hydrogen (secondary N) is 1. The van der Waals surface area contributed by atoms with E-state index in [1.807, 2.05) is 29.2 Å². The van der Waals surface area contributed by atoms with Crippen molar-refractivity contribution < 1.29 is 17.9 Å². The Labute approximate surface area is 155 Å². The second kappa shape index (κ2) is 9.35. The first-order chi connectivity index (χ1) is 11.9. The molecule has 0 radical (unpaired) electrons. The van der Waals surface area contributed by atoms with Crippen LogP contribution >= 0.6 is 12.2 Å². The van der Waals surface area contributed by atoms with Crippen LogP contribution in [0.25, 0.3) is 0 Å². The lowest BCUT2D eigenvalue weighted by atomic mass is 10.2. The largest absolute Gasteiger partial charge is 0.497 e. The molecule has 1 aliphatic heterocycles. The molecule has 0 aliphatic carbocycles. The van der Waals surface area contributed by atoms with Gasteiger partial charge in [-0.25, -0.2) is 8.42 Å². The van der Waals surface area contributed by atoms with Crippen LogP contribution in [0.5, 0.6) is 5.75 Å². The Morgan fingerprint density at radius 1 is 1.32 bits per heavy atom. The second-order valence-electron chi connectivity index (χ2n) is 6.10. The lowest BCUT2D eigenvalue weighted by Gasteiger charge is -2.31. The molecule has 0 aromatic heterocycles.